The van der Waals surface area contributed by atoms with Gasteiger partial charge in [-0.2, -0.15) is 0 Å². The van der Waals surface area contributed by atoms with E-state index in [-0.39, 0.29) is 6.09 Å². The zero-order valence-electron chi connectivity index (χ0n) is 15.7. The van der Waals surface area contributed by atoms with E-state index in [1.165, 1.54) is 19.3 Å². The van der Waals surface area contributed by atoms with E-state index in [1.54, 1.807) is 0 Å². The first-order chi connectivity index (χ1) is 12.8. The molecule has 1 aromatic rings. The fraction of sp³-hybridized carbons (Fsp3) is 0.667. The Morgan fingerprint density at radius 1 is 1.04 bits per heavy atom. The first-order valence-corrected chi connectivity index (χ1v) is 10.1. The highest BCUT2D eigenvalue weighted by molar-refractivity contribution is 5.67. The number of hydrogen-bond donors (Lipinski definition) is 1. The molecule has 5 nitrogen and oxygen atoms in total. The lowest BCUT2D eigenvalue weighted by Crippen LogP contribution is -2.39. The minimum absolute atomic E-state index is 0.195. The van der Waals surface area contributed by atoms with Crippen LogP contribution in [0.5, 0.6) is 0 Å². The van der Waals surface area contributed by atoms with Crippen LogP contribution in [-0.2, 0) is 16.1 Å². The van der Waals surface area contributed by atoms with Crippen molar-refractivity contribution >= 4 is 6.09 Å². The van der Waals surface area contributed by atoms with E-state index in [0.29, 0.717) is 12.5 Å². The third-order valence-corrected chi connectivity index (χ3v) is 5.56. The Balaban J connectivity index is 1.25. The quantitative estimate of drug-likeness (QED) is 0.757. The molecule has 0 saturated carbocycles. The van der Waals surface area contributed by atoms with Crippen LogP contribution >= 0.6 is 0 Å². The summed E-state index contributed by atoms with van der Waals surface area (Å²) in [5.41, 5.74) is 1.03. The first-order valence-electron chi connectivity index (χ1n) is 10.1. The van der Waals surface area contributed by atoms with Crippen LogP contribution in [0.2, 0.25) is 0 Å². The molecular formula is C21H32N2O3. The standard InChI is InChI=1S/C21H32N2O3/c24-21(26-17-19-4-2-1-3-5-19)23-13-8-20(9-14-23)16-25-15-10-18-6-11-22-12-7-18/h1-5,18,20,22H,6-17H2. The molecule has 0 atom stereocenters. The molecule has 0 unspecified atom stereocenters. The molecule has 1 aromatic carbocycles. The highest BCUT2D eigenvalue weighted by atomic mass is 16.6. The molecule has 0 bridgehead atoms. The summed E-state index contributed by atoms with van der Waals surface area (Å²) in [6.45, 7) is 5.92. The molecule has 2 heterocycles. The molecular weight excluding hydrogens is 328 g/mol. The first kappa shape index (κ1) is 19.2. The zero-order valence-corrected chi connectivity index (χ0v) is 15.7. The largest absolute Gasteiger partial charge is 0.445 e. The molecule has 3 rings (SSSR count). The van der Waals surface area contributed by atoms with Crippen molar-refractivity contribution < 1.29 is 14.3 Å². The molecule has 2 saturated heterocycles. The third-order valence-electron chi connectivity index (χ3n) is 5.56. The molecule has 26 heavy (non-hydrogen) atoms. The van der Waals surface area contributed by atoms with E-state index >= 15 is 0 Å². The number of rotatable bonds is 7. The lowest BCUT2D eigenvalue weighted by Gasteiger charge is -2.31. The van der Waals surface area contributed by atoms with Gasteiger partial charge in [0.15, 0.2) is 0 Å². The summed E-state index contributed by atoms with van der Waals surface area (Å²) in [6.07, 6.45) is 5.58. The predicted octanol–water partition coefficient (Wildman–Crippen LogP) is 3.44. The van der Waals surface area contributed by atoms with Crippen LogP contribution in [0.4, 0.5) is 4.79 Å². The number of hydrogen-bond acceptors (Lipinski definition) is 4. The van der Waals surface area contributed by atoms with E-state index in [4.69, 9.17) is 9.47 Å². The highest BCUT2D eigenvalue weighted by Gasteiger charge is 2.24. The Morgan fingerprint density at radius 3 is 2.50 bits per heavy atom. The number of amides is 1. The summed E-state index contributed by atoms with van der Waals surface area (Å²) < 4.78 is 11.3. The van der Waals surface area contributed by atoms with E-state index in [9.17, 15) is 4.79 Å². The van der Waals surface area contributed by atoms with Gasteiger partial charge in [-0.1, -0.05) is 30.3 Å². The Hall–Kier alpha value is -1.59. The van der Waals surface area contributed by atoms with Crippen molar-refractivity contribution in [2.45, 2.75) is 38.7 Å². The normalized spacial score (nSPS) is 19.5. The van der Waals surface area contributed by atoms with Crippen LogP contribution in [0, 0.1) is 11.8 Å². The zero-order chi connectivity index (χ0) is 18.0. The average molecular weight is 360 g/mol. The van der Waals surface area contributed by atoms with Crippen LogP contribution in [0.25, 0.3) is 0 Å². The van der Waals surface area contributed by atoms with Crippen LogP contribution < -0.4 is 5.32 Å². The SMILES string of the molecule is O=C(OCc1ccccc1)N1CCC(COCCC2CCNCC2)CC1. The molecule has 2 aliphatic heterocycles. The van der Waals surface area contributed by atoms with E-state index < -0.39 is 0 Å². The van der Waals surface area contributed by atoms with Crippen LogP contribution in [0.15, 0.2) is 30.3 Å². The maximum Gasteiger partial charge on any atom is 0.410 e. The fourth-order valence-electron chi connectivity index (χ4n) is 3.76. The van der Waals surface area contributed by atoms with E-state index in [0.717, 1.165) is 63.7 Å². The second-order valence-corrected chi connectivity index (χ2v) is 7.53. The van der Waals surface area contributed by atoms with Crippen molar-refractivity contribution in [1.82, 2.24) is 10.2 Å². The summed E-state index contributed by atoms with van der Waals surface area (Å²) in [7, 11) is 0. The molecule has 1 amide bonds. The van der Waals surface area contributed by atoms with Crippen LogP contribution in [0.1, 0.15) is 37.7 Å². The summed E-state index contributed by atoms with van der Waals surface area (Å²) >= 11 is 0. The van der Waals surface area contributed by atoms with Crippen molar-refractivity contribution in [2.24, 2.45) is 11.8 Å². The minimum atomic E-state index is -0.195. The van der Waals surface area contributed by atoms with Gasteiger partial charge in [-0.05, 0) is 62.6 Å². The van der Waals surface area contributed by atoms with Gasteiger partial charge in [-0.15, -0.1) is 0 Å². The fourth-order valence-corrected chi connectivity index (χ4v) is 3.76. The highest BCUT2D eigenvalue weighted by Crippen LogP contribution is 2.20. The van der Waals surface area contributed by atoms with Gasteiger partial charge >= 0.3 is 6.09 Å². The molecule has 1 N–H and O–H groups in total. The maximum atomic E-state index is 12.2. The number of likely N-dealkylation sites (tertiary alicyclic amines) is 1. The molecule has 144 valence electrons. The number of carbonyl (C=O) groups excluding carboxylic acids is 1. The summed E-state index contributed by atoms with van der Waals surface area (Å²) in [5.74, 6) is 1.40. The topological polar surface area (TPSA) is 50.8 Å². The summed E-state index contributed by atoms with van der Waals surface area (Å²) in [5, 5.41) is 3.41. The van der Waals surface area contributed by atoms with Gasteiger partial charge in [0.05, 0.1) is 0 Å². The lowest BCUT2D eigenvalue weighted by molar-refractivity contribution is 0.0476. The Bertz CT molecular complexity index is 523. The predicted molar refractivity (Wildman–Crippen MR) is 102 cm³/mol. The van der Waals surface area contributed by atoms with Gasteiger partial charge in [0.1, 0.15) is 6.61 Å². The summed E-state index contributed by atoms with van der Waals surface area (Å²) in [4.78, 5) is 14.0. The molecule has 0 spiro atoms. The van der Waals surface area contributed by atoms with Crippen LogP contribution in [0.3, 0.4) is 0 Å². The smallest absolute Gasteiger partial charge is 0.410 e. The van der Waals surface area contributed by atoms with Gasteiger partial charge < -0.3 is 19.7 Å². The Morgan fingerprint density at radius 2 is 1.77 bits per heavy atom. The van der Waals surface area contributed by atoms with E-state index in [1.807, 2.05) is 35.2 Å². The maximum absolute atomic E-state index is 12.2. The molecule has 0 radical (unpaired) electrons. The molecule has 5 heteroatoms. The van der Waals surface area contributed by atoms with Gasteiger partial charge in [0, 0.05) is 26.3 Å². The van der Waals surface area contributed by atoms with Gasteiger partial charge in [0.25, 0.3) is 0 Å². The number of ether oxygens (including phenoxy) is 2. The second kappa shape index (κ2) is 10.5. The number of benzene rings is 1. The minimum Gasteiger partial charge on any atom is -0.445 e. The van der Waals surface area contributed by atoms with Gasteiger partial charge in [0.2, 0.25) is 0 Å². The molecule has 2 aliphatic rings. The van der Waals surface area contributed by atoms with Crippen molar-refractivity contribution in [3.05, 3.63) is 35.9 Å². The van der Waals surface area contributed by atoms with Crippen molar-refractivity contribution in [1.29, 1.82) is 0 Å². The Labute approximate surface area is 157 Å². The monoisotopic (exact) mass is 360 g/mol. The van der Waals surface area contributed by atoms with Crippen LogP contribution in [-0.4, -0.2) is 50.4 Å². The van der Waals surface area contributed by atoms with Crippen molar-refractivity contribution in [3.8, 4) is 0 Å². The number of nitrogens with one attached hydrogen (secondary N) is 1. The third kappa shape index (κ3) is 6.29. The molecule has 2 fully saturated rings. The van der Waals surface area contributed by atoms with Gasteiger partial charge in [-0.3, -0.25) is 0 Å². The average Bonchev–Trinajstić information content (AvgIpc) is 2.71. The Kier molecular flexibility index (Phi) is 7.77. The molecule has 0 aliphatic carbocycles. The number of carbonyl (C=O) groups is 1. The number of nitrogens with zero attached hydrogens (tertiary/aromatic N) is 1. The van der Waals surface area contributed by atoms with Crippen molar-refractivity contribution in [2.75, 3.05) is 39.4 Å². The van der Waals surface area contributed by atoms with E-state index in [2.05, 4.69) is 5.32 Å². The second-order valence-electron chi connectivity index (χ2n) is 7.53. The number of piperidine rings is 2. The summed E-state index contributed by atoms with van der Waals surface area (Å²) in [6, 6.07) is 9.82. The van der Waals surface area contributed by atoms with Crippen molar-refractivity contribution in [3.63, 3.8) is 0 Å². The lowest BCUT2D eigenvalue weighted by atomic mass is 9.95. The molecule has 0 aromatic heterocycles. The van der Waals surface area contributed by atoms with Gasteiger partial charge in [-0.25, -0.2) is 4.79 Å².